The zero-order valence-corrected chi connectivity index (χ0v) is 15.4. The van der Waals surface area contributed by atoms with E-state index in [1.165, 1.54) is 5.56 Å². The van der Waals surface area contributed by atoms with Crippen LogP contribution in [0.3, 0.4) is 0 Å². The summed E-state index contributed by atoms with van der Waals surface area (Å²) in [5, 5.41) is 0.607. The monoisotopic (exact) mass is 363 g/mol. The maximum atomic E-state index is 13.0. The number of amides is 2. The van der Waals surface area contributed by atoms with Crippen LogP contribution in [0.1, 0.15) is 70.9 Å². The normalized spacial score (nSPS) is 17.7. The van der Waals surface area contributed by atoms with Crippen molar-refractivity contribution in [2.45, 2.75) is 44.4 Å². The Bertz CT molecular complexity index is 891. The van der Waals surface area contributed by atoms with Gasteiger partial charge >= 0.3 is 5.97 Å². The van der Waals surface area contributed by atoms with E-state index in [0.29, 0.717) is 23.8 Å². The second-order valence-electron chi connectivity index (χ2n) is 7.54. The van der Waals surface area contributed by atoms with Gasteiger partial charge in [0.25, 0.3) is 11.8 Å². The molecule has 0 saturated heterocycles. The van der Waals surface area contributed by atoms with Gasteiger partial charge in [-0.1, -0.05) is 61.7 Å². The lowest BCUT2D eigenvalue weighted by Crippen LogP contribution is -2.47. The highest BCUT2D eigenvalue weighted by atomic mass is 16.7. The predicted molar refractivity (Wildman–Crippen MR) is 99.1 cm³/mol. The summed E-state index contributed by atoms with van der Waals surface area (Å²) in [6.07, 6.45) is 2.20. The lowest BCUT2D eigenvalue weighted by molar-refractivity contribution is -0.179. The van der Waals surface area contributed by atoms with Crippen molar-refractivity contribution in [3.8, 4) is 0 Å². The summed E-state index contributed by atoms with van der Waals surface area (Å²) in [5.74, 6) is -1.32. The van der Waals surface area contributed by atoms with E-state index >= 15 is 0 Å². The molecule has 0 atom stereocenters. The van der Waals surface area contributed by atoms with Crippen LogP contribution in [-0.4, -0.2) is 22.8 Å². The minimum absolute atomic E-state index is 0.263. The Morgan fingerprint density at radius 3 is 1.96 bits per heavy atom. The van der Waals surface area contributed by atoms with E-state index < -0.39 is 23.2 Å². The second kappa shape index (κ2) is 6.34. The molecular weight excluding hydrogens is 342 g/mol. The van der Waals surface area contributed by atoms with Gasteiger partial charge in [-0.3, -0.25) is 9.59 Å². The van der Waals surface area contributed by atoms with E-state index in [9.17, 15) is 14.4 Å². The molecule has 2 aromatic carbocycles. The van der Waals surface area contributed by atoms with Gasteiger partial charge in [0.15, 0.2) is 0 Å². The van der Waals surface area contributed by atoms with Gasteiger partial charge in [-0.25, -0.2) is 4.79 Å². The van der Waals surface area contributed by atoms with Crippen molar-refractivity contribution in [1.29, 1.82) is 0 Å². The molecule has 1 heterocycles. The van der Waals surface area contributed by atoms with E-state index in [1.54, 1.807) is 24.3 Å². The summed E-state index contributed by atoms with van der Waals surface area (Å²) < 4.78 is 0. The standard InChI is InChI=1S/C22H21NO4/c1-14(2)15-8-10-16(11-9-15)22(12-5-13-22)21(26)27-23-19(24)17-6-3-4-7-18(17)20(23)25/h3-4,6-11,14H,5,12-13H2,1-2H3. The first-order chi connectivity index (χ1) is 12.9. The van der Waals surface area contributed by atoms with Gasteiger partial charge in [0.2, 0.25) is 0 Å². The summed E-state index contributed by atoms with van der Waals surface area (Å²) in [7, 11) is 0. The second-order valence-corrected chi connectivity index (χ2v) is 7.54. The third-order valence-electron chi connectivity index (χ3n) is 5.66. The van der Waals surface area contributed by atoms with Gasteiger partial charge in [0.1, 0.15) is 0 Å². The van der Waals surface area contributed by atoms with E-state index in [0.717, 1.165) is 12.0 Å². The summed E-state index contributed by atoms with van der Waals surface area (Å²) in [6.45, 7) is 4.23. The van der Waals surface area contributed by atoms with Crippen LogP contribution in [0.25, 0.3) is 0 Å². The van der Waals surface area contributed by atoms with Crippen molar-refractivity contribution < 1.29 is 19.2 Å². The molecule has 1 fully saturated rings. The van der Waals surface area contributed by atoms with Gasteiger partial charge < -0.3 is 4.84 Å². The van der Waals surface area contributed by atoms with Gasteiger partial charge in [-0.2, -0.15) is 0 Å². The Morgan fingerprint density at radius 1 is 0.963 bits per heavy atom. The molecule has 0 aromatic heterocycles. The highest BCUT2D eigenvalue weighted by Gasteiger charge is 2.50. The number of hydrogen-bond acceptors (Lipinski definition) is 4. The first-order valence-electron chi connectivity index (χ1n) is 9.25. The van der Waals surface area contributed by atoms with E-state index in [1.807, 2.05) is 24.3 Å². The molecule has 1 saturated carbocycles. The summed E-state index contributed by atoms with van der Waals surface area (Å²) in [6, 6.07) is 14.4. The minimum Gasteiger partial charge on any atom is -0.329 e. The Hall–Kier alpha value is -2.95. The highest BCUT2D eigenvalue weighted by Crippen LogP contribution is 2.45. The van der Waals surface area contributed by atoms with Crippen LogP contribution in [0.15, 0.2) is 48.5 Å². The fourth-order valence-corrected chi connectivity index (χ4v) is 3.75. The van der Waals surface area contributed by atoms with Crippen molar-refractivity contribution in [1.82, 2.24) is 5.06 Å². The van der Waals surface area contributed by atoms with Crippen molar-refractivity contribution >= 4 is 17.8 Å². The summed E-state index contributed by atoms with van der Waals surface area (Å²) in [4.78, 5) is 43.3. The molecule has 0 N–H and O–H groups in total. The van der Waals surface area contributed by atoms with Gasteiger partial charge in [-0.05, 0) is 42.0 Å². The molecule has 0 radical (unpaired) electrons. The summed E-state index contributed by atoms with van der Waals surface area (Å²) >= 11 is 0. The molecule has 0 bridgehead atoms. The Morgan fingerprint density at radius 2 is 1.52 bits per heavy atom. The van der Waals surface area contributed by atoms with E-state index in [2.05, 4.69) is 13.8 Å². The number of fused-ring (bicyclic) bond motifs is 1. The number of benzene rings is 2. The smallest absolute Gasteiger partial charge is 0.329 e. The fourth-order valence-electron chi connectivity index (χ4n) is 3.75. The molecule has 1 aliphatic carbocycles. The van der Waals surface area contributed by atoms with E-state index in [4.69, 9.17) is 4.84 Å². The van der Waals surface area contributed by atoms with Crippen LogP contribution in [0, 0.1) is 0 Å². The Kier molecular flexibility index (Phi) is 4.10. The average molecular weight is 363 g/mol. The molecule has 4 rings (SSSR count). The van der Waals surface area contributed by atoms with Crippen LogP contribution in [0.2, 0.25) is 0 Å². The fraction of sp³-hybridized carbons (Fsp3) is 0.318. The number of hydrogen-bond donors (Lipinski definition) is 0. The third kappa shape index (κ3) is 2.65. The molecule has 27 heavy (non-hydrogen) atoms. The topological polar surface area (TPSA) is 63.7 Å². The molecule has 5 heteroatoms. The molecule has 0 spiro atoms. The predicted octanol–water partition coefficient (Wildman–Crippen LogP) is 3.99. The average Bonchev–Trinajstić information content (AvgIpc) is 2.87. The number of hydroxylamine groups is 2. The molecule has 0 unspecified atom stereocenters. The van der Waals surface area contributed by atoms with Crippen LogP contribution in [0.5, 0.6) is 0 Å². The number of nitrogens with zero attached hydrogens (tertiary/aromatic N) is 1. The van der Waals surface area contributed by atoms with Gasteiger partial charge in [0, 0.05) is 0 Å². The number of carbonyl (C=O) groups is 3. The molecular formula is C22H21NO4. The van der Waals surface area contributed by atoms with Crippen molar-refractivity contribution in [3.05, 3.63) is 70.8 Å². The van der Waals surface area contributed by atoms with Crippen LogP contribution in [-0.2, 0) is 15.0 Å². The molecule has 2 aliphatic rings. The number of rotatable bonds is 4. The maximum absolute atomic E-state index is 13.0. The molecule has 2 amide bonds. The minimum atomic E-state index is -0.787. The SMILES string of the molecule is CC(C)c1ccc(C2(C(=O)ON3C(=O)c4ccccc4C3=O)CCC2)cc1. The Balaban J connectivity index is 1.58. The van der Waals surface area contributed by atoms with Crippen LogP contribution < -0.4 is 0 Å². The van der Waals surface area contributed by atoms with Crippen molar-refractivity contribution in [2.24, 2.45) is 0 Å². The lowest BCUT2D eigenvalue weighted by Gasteiger charge is -2.40. The first kappa shape index (κ1) is 17.5. The number of imide groups is 1. The molecule has 5 nitrogen and oxygen atoms in total. The van der Waals surface area contributed by atoms with Crippen LogP contribution in [0.4, 0.5) is 0 Å². The quantitative estimate of drug-likeness (QED) is 0.771. The zero-order chi connectivity index (χ0) is 19.2. The summed E-state index contributed by atoms with van der Waals surface area (Å²) in [5.41, 5.74) is 1.81. The Labute approximate surface area is 157 Å². The lowest BCUT2D eigenvalue weighted by atomic mass is 9.64. The molecule has 138 valence electrons. The van der Waals surface area contributed by atoms with Gasteiger partial charge in [0.05, 0.1) is 16.5 Å². The maximum Gasteiger partial charge on any atom is 0.343 e. The first-order valence-corrected chi connectivity index (χ1v) is 9.25. The van der Waals surface area contributed by atoms with Crippen molar-refractivity contribution in [2.75, 3.05) is 0 Å². The van der Waals surface area contributed by atoms with E-state index in [-0.39, 0.29) is 11.1 Å². The van der Waals surface area contributed by atoms with Crippen LogP contribution >= 0.6 is 0 Å². The molecule has 1 aliphatic heterocycles. The third-order valence-corrected chi connectivity index (χ3v) is 5.66. The van der Waals surface area contributed by atoms with Gasteiger partial charge in [-0.15, -0.1) is 0 Å². The number of carbonyl (C=O) groups excluding carboxylic acids is 3. The zero-order valence-electron chi connectivity index (χ0n) is 15.4. The molecule has 2 aromatic rings. The highest BCUT2D eigenvalue weighted by molar-refractivity contribution is 6.21. The van der Waals surface area contributed by atoms with Crippen molar-refractivity contribution in [3.63, 3.8) is 0 Å². The largest absolute Gasteiger partial charge is 0.343 e.